The summed E-state index contributed by atoms with van der Waals surface area (Å²) >= 11 is 1.75. The fourth-order valence-electron chi connectivity index (χ4n) is 0.988. The van der Waals surface area contributed by atoms with E-state index in [-0.39, 0.29) is 5.41 Å². The number of nitrogens with zero attached hydrogens (tertiary/aromatic N) is 2. The average Bonchev–Trinajstić information content (AvgIpc) is 2.32. The Hall–Kier alpha value is -0.440. The van der Waals surface area contributed by atoms with Crippen molar-refractivity contribution < 1.29 is 0 Å². The van der Waals surface area contributed by atoms with Gasteiger partial charge in [0.05, 0.1) is 0 Å². The quantitative estimate of drug-likeness (QED) is 0.730. The summed E-state index contributed by atoms with van der Waals surface area (Å²) in [7, 11) is 0. The van der Waals surface area contributed by atoms with Gasteiger partial charge in [-0.1, -0.05) is 34.6 Å². The molecule has 0 aliphatic heterocycles. The lowest BCUT2D eigenvalue weighted by Crippen LogP contribution is -2.10. The van der Waals surface area contributed by atoms with Crippen LogP contribution in [0.15, 0.2) is 0 Å². The zero-order chi connectivity index (χ0) is 10.1. The second kappa shape index (κ2) is 3.74. The Morgan fingerprint density at radius 2 is 1.85 bits per heavy atom. The van der Waals surface area contributed by atoms with Crippen LogP contribution in [0.2, 0.25) is 0 Å². The second-order valence-electron chi connectivity index (χ2n) is 4.85. The van der Waals surface area contributed by atoms with Crippen LogP contribution in [0.4, 0.5) is 0 Å². The lowest BCUT2D eigenvalue weighted by Gasteiger charge is -2.12. The zero-order valence-corrected chi connectivity index (χ0v) is 9.90. The molecule has 0 bridgehead atoms. The van der Waals surface area contributed by atoms with Gasteiger partial charge in [0, 0.05) is 11.8 Å². The minimum absolute atomic E-state index is 0.146. The van der Waals surface area contributed by atoms with Crippen molar-refractivity contribution in [2.75, 3.05) is 0 Å². The SMILES string of the molecule is CC(C)Cc1nnc(C(C)(C)C)s1. The molecule has 1 aromatic heterocycles. The number of aromatic nitrogens is 2. The van der Waals surface area contributed by atoms with Crippen molar-refractivity contribution in [3.8, 4) is 0 Å². The molecule has 0 spiro atoms. The van der Waals surface area contributed by atoms with E-state index in [0.717, 1.165) is 11.4 Å². The molecule has 2 nitrogen and oxygen atoms in total. The largest absolute Gasteiger partial charge is 0.144 e. The smallest absolute Gasteiger partial charge is 0.122 e. The zero-order valence-electron chi connectivity index (χ0n) is 9.09. The van der Waals surface area contributed by atoms with Crippen LogP contribution < -0.4 is 0 Å². The fourth-order valence-corrected chi connectivity index (χ4v) is 2.10. The molecule has 1 rings (SSSR count). The van der Waals surface area contributed by atoms with Gasteiger partial charge in [0.1, 0.15) is 10.0 Å². The topological polar surface area (TPSA) is 25.8 Å². The van der Waals surface area contributed by atoms with Crippen LogP contribution in [0.25, 0.3) is 0 Å². The van der Waals surface area contributed by atoms with Gasteiger partial charge in [-0.2, -0.15) is 0 Å². The van der Waals surface area contributed by atoms with E-state index in [4.69, 9.17) is 0 Å². The van der Waals surface area contributed by atoms with Crippen LogP contribution in [0.1, 0.15) is 44.6 Å². The summed E-state index contributed by atoms with van der Waals surface area (Å²) in [6, 6.07) is 0. The molecular formula is C10H18N2S. The predicted octanol–water partition coefficient (Wildman–Crippen LogP) is 3.03. The third kappa shape index (κ3) is 3.07. The molecule has 3 heteroatoms. The van der Waals surface area contributed by atoms with Gasteiger partial charge >= 0.3 is 0 Å². The molecule has 13 heavy (non-hydrogen) atoms. The molecule has 0 saturated carbocycles. The van der Waals surface area contributed by atoms with Gasteiger partial charge in [-0.15, -0.1) is 21.5 Å². The minimum Gasteiger partial charge on any atom is -0.144 e. The summed E-state index contributed by atoms with van der Waals surface area (Å²) in [6.07, 6.45) is 1.05. The van der Waals surface area contributed by atoms with E-state index in [0.29, 0.717) is 5.92 Å². The van der Waals surface area contributed by atoms with Gasteiger partial charge in [-0.25, -0.2) is 0 Å². The first-order valence-corrected chi connectivity index (χ1v) is 5.54. The summed E-state index contributed by atoms with van der Waals surface area (Å²) in [6.45, 7) is 10.9. The van der Waals surface area contributed by atoms with Crippen molar-refractivity contribution >= 4 is 11.3 Å². The van der Waals surface area contributed by atoms with Crippen molar-refractivity contribution in [1.29, 1.82) is 0 Å². The van der Waals surface area contributed by atoms with Crippen LogP contribution in [0.5, 0.6) is 0 Å². The summed E-state index contributed by atoms with van der Waals surface area (Å²) in [5, 5.41) is 10.7. The minimum atomic E-state index is 0.146. The maximum atomic E-state index is 4.21. The Labute approximate surface area is 84.4 Å². The standard InChI is InChI=1S/C10H18N2S/c1-7(2)6-8-11-12-9(13-8)10(3,4)5/h7H,6H2,1-5H3. The number of hydrogen-bond acceptors (Lipinski definition) is 3. The Morgan fingerprint density at radius 3 is 2.23 bits per heavy atom. The van der Waals surface area contributed by atoms with Crippen molar-refractivity contribution in [2.24, 2.45) is 5.92 Å². The average molecular weight is 198 g/mol. The molecule has 0 fully saturated rings. The lowest BCUT2D eigenvalue weighted by molar-refractivity contribution is 0.576. The molecule has 0 amide bonds. The van der Waals surface area contributed by atoms with Gasteiger partial charge in [0.2, 0.25) is 0 Å². The van der Waals surface area contributed by atoms with Crippen molar-refractivity contribution in [1.82, 2.24) is 10.2 Å². The van der Waals surface area contributed by atoms with E-state index < -0.39 is 0 Å². The first kappa shape index (κ1) is 10.6. The Bertz CT molecular complexity index is 271. The molecular weight excluding hydrogens is 180 g/mol. The highest BCUT2D eigenvalue weighted by atomic mass is 32.1. The van der Waals surface area contributed by atoms with Crippen molar-refractivity contribution in [3.63, 3.8) is 0 Å². The summed E-state index contributed by atoms with van der Waals surface area (Å²) < 4.78 is 0. The molecule has 1 aromatic rings. The summed E-state index contributed by atoms with van der Waals surface area (Å²) in [4.78, 5) is 0. The van der Waals surface area contributed by atoms with Crippen LogP contribution in [-0.4, -0.2) is 10.2 Å². The molecule has 74 valence electrons. The van der Waals surface area contributed by atoms with E-state index in [1.165, 1.54) is 5.01 Å². The Balaban J connectivity index is 2.75. The molecule has 1 heterocycles. The molecule has 0 radical (unpaired) electrons. The highest BCUT2D eigenvalue weighted by molar-refractivity contribution is 7.11. The first-order chi connectivity index (χ1) is 5.89. The Morgan fingerprint density at radius 1 is 1.23 bits per heavy atom. The van der Waals surface area contributed by atoms with Gasteiger partial charge < -0.3 is 0 Å². The van der Waals surface area contributed by atoms with E-state index >= 15 is 0 Å². The van der Waals surface area contributed by atoms with E-state index in [9.17, 15) is 0 Å². The summed E-state index contributed by atoms with van der Waals surface area (Å²) in [5.74, 6) is 0.667. The number of rotatable bonds is 2. The highest BCUT2D eigenvalue weighted by Gasteiger charge is 2.19. The van der Waals surface area contributed by atoms with Crippen LogP contribution in [-0.2, 0) is 11.8 Å². The maximum absolute atomic E-state index is 4.21. The van der Waals surface area contributed by atoms with Crippen LogP contribution in [0, 0.1) is 5.92 Å². The van der Waals surface area contributed by atoms with E-state index in [1.54, 1.807) is 11.3 Å². The third-order valence-electron chi connectivity index (χ3n) is 1.69. The van der Waals surface area contributed by atoms with Crippen molar-refractivity contribution in [2.45, 2.75) is 46.5 Å². The molecule has 0 saturated heterocycles. The fraction of sp³-hybridized carbons (Fsp3) is 0.800. The number of hydrogen-bond donors (Lipinski definition) is 0. The molecule has 0 atom stereocenters. The van der Waals surface area contributed by atoms with Gasteiger partial charge in [0.15, 0.2) is 0 Å². The van der Waals surface area contributed by atoms with E-state index in [2.05, 4.69) is 44.8 Å². The first-order valence-electron chi connectivity index (χ1n) is 4.72. The molecule has 0 aliphatic carbocycles. The second-order valence-corrected chi connectivity index (χ2v) is 5.91. The van der Waals surface area contributed by atoms with Gasteiger partial charge in [-0.3, -0.25) is 0 Å². The third-order valence-corrected chi connectivity index (χ3v) is 3.06. The van der Waals surface area contributed by atoms with Crippen LogP contribution >= 0.6 is 11.3 Å². The van der Waals surface area contributed by atoms with Crippen molar-refractivity contribution in [3.05, 3.63) is 10.0 Å². The molecule has 0 aliphatic rings. The van der Waals surface area contributed by atoms with Gasteiger partial charge in [-0.05, 0) is 5.92 Å². The Kier molecular flexibility index (Phi) is 3.06. The van der Waals surface area contributed by atoms with Gasteiger partial charge in [0.25, 0.3) is 0 Å². The molecule has 0 aromatic carbocycles. The lowest BCUT2D eigenvalue weighted by atomic mass is 9.98. The molecule has 0 unspecified atom stereocenters. The predicted molar refractivity (Wildman–Crippen MR) is 57.2 cm³/mol. The summed E-state index contributed by atoms with van der Waals surface area (Å²) in [5.41, 5.74) is 0.146. The highest BCUT2D eigenvalue weighted by Crippen LogP contribution is 2.26. The maximum Gasteiger partial charge on any atom is 0.122 e. The normalized spacial score (nSPS) is 12.5. The van der Waals surface area contributed by atoms with E-state index in [1.807, 2.05) is 0 Å². The monoisotopic (exact) mass is 198 g/mol. The molecule has 0 N–H and O–H groups in total. The van der Waals surface area contributed by atoms with Crippen LogP contribution in [0.3, 0.4) is 0 Å².